The molecule has 2 aromatic carbocycles. The molecule has 0 spiro atoms. The summed E-state index contributed by atoms with van der Waals surface area (Å²) < 4.78 is 35.2. The molecule has 0 radical (unpaired) electrons. The molecule has 1 saturated heterocycles. The van der Waals surface area contributed by atoms with Crippen LogP contribution >= 0.6 is 0 Å². The Morgan fingerprint density at radius 2 is 1.79 bits per heavy atom. The largest absolute Gasteiger partial charge is 0.493 e. The standard InChI is InChI=1S/C22H24F2N2O3/c1-28-19-11-5-10-18(20(19)29-22(23)24)21(27)26-15-13-25(14-16-26)12-6-9-17-7-3-2-4-8-17/h2-11,22H,12-16H2,1H3/b9-6+. The Morgan fingerprint density at radius 1 is 1.07 bits per heavy atom. The fourth-order valence-electron chi connectivity index (χ4n) is 3.26. The van der Waals surface area contributed by atoms with Crippen LogP contribution in [0.3, 0.4) is 0 Å². The maximum atomic E-state index is 12.9. The summed E-state index contributed by atoms with van der Waals surface area (Å²) in [6.45, 7) is 0.202. The number of carbonyl (C=O) groups is 1. The van der Waals surface area contributed by atoms with Crippen molar-refractivity contribution in [2.75, 3.05) is 39.8 Å². The van der Waals surface area contributed by atoms with Crippen molar-refractivity contribution >= 4 is 12.0 Å². The number of halogens is 2. The fourth-order valence-corrected chi connectivity index (χ4v) is 3.26. The third kappa shape index (κ3) is 5.54. The Morgan fingerprint density at radius 3 is 2.45 bits per heavy atom. The van der Waals surface area contributed by atoms with Gasteiger partial charge in [-0.15, -0.1) is 0 Å². The van der Waals surface area contributed by atoms with Gasteiger partial charge >= 0.3 is 6.61 Å². The fraction of sp³-hybridized carbons (Fsp3) is 0.318. The summed E-state index contributed by atoms with van der Waals surface area (Å²) in [5.74, 6) is -0.442. The molecular formula is C22H24F2N2O3. The number of hydrogen-bond donors (Lipinski definition) is 0. The van der Waals surface area contributed by atoms with Crippen LogP contribution in [0.1, 0.15) is 15.9 Å². The normalized spacial score (nSPS) is 15.1. The minimum absolute atomic E-state index is 0.0853. The predicted octanol–water partition coefficient (Wildman–Crippen LogP) is 3.77. The average Bonchev–Trinajstić information content (AvgIpc) is 2.74. The number of para-hydroxylation sites is 1. The topological polar surface area (TPSA) is 42.0 Å². The van der Waals surface area contributed by atoms with Crippen LogP contribution in [0.4, 0.5) is 8.78 Å². The minimum atomic E-state index is -3.04. The van der Waals surface area contributed by atoms with E-state index in [1.54, 1.807) is 11.0 Å². The van der Waals surface area contributed by atoms with E-state index in [9.17, 15) is 13.6 Å². The van der Waals surface area contributed by atoms with Crippen molar-refractivity contribution in [3.8, 4) is 11.5 Å². The average molecular weight is 402 g/mol. The minimum Gasteiger partial charge on any atom is -0.493 e. The van der Waals surface area contributed by atoms with E-state index in [0.717, 1.165) is 12.1 Å². The first-order chi connectivity index (χ1) is 14.1. The number of ether oxygens (including phenoxy) is 2. The predicted molar refractivity (Wildman–Crippen MR) is 107 cm³/mol. The van der Waals surface area contributed by atoms with Gasteiger partial charge in [-0.2, -0.15) is 8.78 Å². The molecule has 0 aliphatic carbocycles. The number of piperazine rings is 1. The summed E-state index contributed by atoms with van der Waals surface area (Å²) in [6.07, 6.45) is 4.17. The molecule has 0 aromatic heterocycles. The van der Waals surface area contributed by atoms with E-state index in [1.165, 1.54) is 19.2 Å². The molecule has 1 heterocycles. The quantitative estimate of drug-likeness (QED) is 0.707. The molecule has 1 aliphatic heterocycles. The molecule has 3 rings (SSSR count). The van der Waals surface area contributed by atoms with Crippen LogP contribution in [0.5, 0.6) is 11.5 Å². The van der Waals surface area contributed by atoms with Crippen LogP contribution in [0.15, 0.2) is 54.6 Å². The van der Waals surface area contributed by atoms with Crippen molar-refractivity contribution in [3.05, 3.63) is 65.7 Å². The Kier molecular flexibility index (Phi) is 7.19. The molecule has 0 saturated carbocycles. The maximum Gasteiger partial charge on any atom is 0.387 e. The third-order valence-corrected chi connectivity index (χ3v) is 4.77. The number of rotatable bonds is 7. The Bertz CT molecular complexity index is 835. The number of nitrogens with zero attached hydrogens (tertiary/aromatic N) is 2. The second-order valence-electron chi connectivity index (χ2n) is 6.62. The maximum absolute atomic E-state index is 12.9. The van der Waals surface area contributed by atoms with Crippen LogP contribution in [0.2, 0.25) is 0 Å². The Balaban J connectivity index is 1.59. The van der Waals surface area contributed by atoms with Gasteiger partial charge < -0.3 is 14.4 Å². The second kappa shape index (κ2) is 10.0. The first-order valence-corrected chi connectivity index (χ1v) is 9.43. The lowest BCUT2D eigenvalue weighted by atomic mass is 10.1. The van der Waals surface area contributed by atoms with Crippen molar-refractivity contribution in [2.24, 2.45) is 0 Å². The lowest BCUT2D eigenvalue weighted by Crippen LogP contribution is -2.48. The lowest BCUT2D eigenvalue weighted by Gasteiger charge is -2.34. The van der Waals surface area contributed by atoms with Gasteiger partial charge in [0.15, 0.2) is 11.5 Å². The molecular weight excluding hydrogens is 378 g/mol. The van der Waals surface area contributed by atoms with E-state index in [4.69, 9.17) is 4.74 Å². The Hall–Kier alpha value is -2.93. The van der Waals surface area contributed by atoms with E-state index in [-0.39, 0.29) is 23.0 Å². The van der Waals surface area contributed by atoms with Crippen LogP contribution < -0.4 is 9.47 Å². The molecule has 29 heavy (non-hydrogen) atoms. The summed E-state index contributed by atoms with van der Waals surface area (Å²) >= 11 is 0. The molecule has 0 atom stereocenters. The molecule has 1 fully saturated rings. The molecule has 0 bridgehead atoms. The van der Waals surface area contributed by atoms with E-state index < -0.39 is 6.61 Å². The number of alkyl halides is 2. The summed E-state index contributed by atoms with van der Waals surface area (Å²) in [5.41, 5.74) is 1.23. The molecule has 0 N–H and O–H groups in total. The smallest absolute Gasteiger partial charge is 0.387 e. The molecule has 2 aromatic rings. The molecule has 5 nitrogen and oxygen atoms in total. The van der Waals surface area contributed by atoms with Crippen LogP contribution in [-0.4, -0.2) is 62.2 Å². The number of benzene rings is 2. The highest BCUT2D eigenvalue weighted by Gasteiger charge is 2.26. The van der Waals surface area contributed by atoms with Crippen LogP contribution in [0, 0.1) is 0 Å². The number of amides is 1. The monoisotopic (exact) mass is 402 g/mol. The van der Waals surface area contributed by atoms with Crippen LogP contribution in [0.25, 0.3) is 6.08 Å². The zero-order valence-corrected chi connectivity index (χ0v) is 16.3. The highest BCUT2D eigenvalue weighted by molar-refractivity contribution is 5.98. The van der Waals surface area contributed by atoms with E-state index in [1.807, 2.05) is 30.3 Å². The van der Waals surface area contributed by atoms with Gasteiger partial charge in [-0.1, -0.05) is 48.6 Å². The van der Waals surface area contributed by atoms with Gasteiger partial charge in [0.05, 0.1) is 12.7 Å². The number of hydrogen-bond acceptors (Lipinski definition) is 4. The van der Waals surface area contributed by atoms with Crippen molar-refractivity contribution < 1.29 is 23.0 Å². The van der Waals surface area contributed by atoms with Gasteiger partial charge in [-0.3, -0.25) is 9.69 Å². The van der Waals surface area contributed by atoms with Gasteiger partial charge in [0, 0.05) is 32.7 Å². The van der Waals surface area contributed by atoms with Crippen molar-refractivity contribution in [2.45, 2.75) is 6.61 Å². The van der Waals surface area contributed by atoms with Gasteiger partial charge in [0.25, 0.3) is 5.91 Å². The SMILES string of the molecule is COc1cccc(C(=O)N2CCN(C/C=C/c3ccccc3)CC2)c1OC(F)F. The van der Waals surface area contributed by atoms with Gasteiger partial charge in [-0.25, -0.2) is 0 Å². The first-order valence-electron chi connectivity index (χ1n) is 9.43. The second-order valence-corrected chi connectivity index (χ2v) is 6.62. The molecule has 0 unspecified atom stereocenters. The van der Waals surface area contributed by atoms with E-state index in [0.29, 0.717) is 26.2 Å². The highest BCUT2D eigenvalue weighted by Crippen LogP contribution is 2.33. The number of methoxy groups -OCH3 is 1. The Labute approximate surface area is 169 Å². The van der Waals surface area contributed by atoms with Gasteiger partial charge in [0.1, 0.15) is 0 Å². The summed E-state index contributed by atoms with van der Waals surface area (Å²) in [4.78, 5) is 16.8. The van der Waals surface area contributed by atoms with E-state index in [2.05, 4.69) is 21.8 Å². The van der Waals surface area contributed by atoms with Gasteiger partial charge in [0.2, 0.25) is 0 Å². The highest BCUT2D eigenvalue weighted by atomic mass is 19.3. The van der Waals surface area contributed by atoms with Crippen molar-refractivity contribution in [3.63, 3.8) is 0 Å². The van der Waals surface area contributed by atoms with Crippen molar-refractivity contribution in [1.82, 2.24) is 9.80 Å². The molecule has 154 valence electrons. The third-order valence-electron chi connectivity index (χ3n) is 4.77. The lowest BCUT2D eigenvalue weighted by molar-refractivity contribution is -0.0517. The zero-order chi connectivity index (χ0) is 20.6. The zero-order valence-electron chi connectivity index (χ0n) is 16.3. The molecule has 1 amide bonds. The van der Waals surface area contributed by atoms with Crippen LogP contribution in [-0.2, 0) is 0 Å². The van der Waals surface area contributed by atoms with E-state index >= 15 is 0 Å². The summed E-state index contributed by atoms with van der Waals surface area (Å²) in [5, 5.41) is 0. The summed E-state index contributed by atoms with van der Waals surface area (Å²) in [6, 6.07) is 14.6. The number of carbonyl (C=O) groups excluding carboxylic acids is 1. The first kappa shape index (κ1) is 20.8. The summed E-state index contributed by atoms with van der Waals surface area (Å²) in [7, 11) is 1.35. The molecule has 1 aliphatic rings. The van der Waals surface area contributed by atoms with Gasteiger partial charge in [-0.05, 0) is 17.7 Å². The van der Waals surface area contributed by atoms with Crippen molar-refractivity contribution in [1.29, 1.82) is 0 Å². The molecule has 7 heteroatoms.